The number of hydrogen-bond donors (Lipinski definition) is 1. The van der Waals surface area contributed by atoms with Gasteiger partial charge in [-0.05, 0) is 43.9 Å². The summed E-state index contributed by atoms with van der Waals surface area (Å²) in [5.41, 5.74) is 2.50. The molecule has 2 amide bonds. The van der Waals surface area contributed by atoms with Gasteiger partial charge in [-0.25, -0.2) is 14.6 Å². The summed E-state index contributed by atoms with van der Waals surface area (Å²) in [6.07, 6.45) is 0. The Balaban J connectivity index is 1.77. The second-order valence-corrected chi connectivity index (χ2v) is 10.2. The molecule has 1 N–H and O–H groups in total. The zero-order chi connectivity index (χ0) is 28.5. The maximum atomic E-state index is 13.4. The average molecular weight is 552 g/mol. The minimum absolute atomic E-state index is 0.157. The van der Waals surface area contributed by atoms with Crippen molar-refractivity contribution >= 4 is 40.2 Å². The summed E-state index contributed by atoms with van der Waals surface area (Å²) in [5.74, 6) is -2.44. The number of benzene rings is 2. The molecule has 9 nitrogen and oxygen atoms in total. The van der Waals surface area contributed by atoms with Gasteiger partial charge in [-0.15, -0.1) is 0 Å². The second-order valence-electron chi connectivity index (χ2n) is 9.21. The third-order valence-electron chi connectivity index (χ3n) is 5.90. The monoisotopic (exact) mass is 551 g/mol. The Kier molecular flexibility index (Phi) is 10.3. The lowest BCUT2D eigenvalue weighted by Crippen LogP contribution is -2.46. The maximum Gasteiger partial charge on any atom is 0.350 e. The van der Waals surface area contributed by atoms with Crippen LogP contribution in [0.1, 0.15) is 57.6 Å². The maximum absolute atomic E-state index is 13.4. The van der Waals surface area contributed by atoms with Crippen molar-refractivity contribution in [3.63, 3.8) is 0 Å². The van der Waals surface area contributed by atoms with Crippen LogP contribution in [0.5, 0.6) is 0 Å². The van der Waals surface area contributed by atoms with Crippen LogP contribution in [0, 0.1) is 19.8 Å². The first-order valence-corrected chi connectivity index (χ1v) is 13.5. The van der Waals surface area contributed by atoms with Crippen LogP contribution in [0.2, 0.25) is 0 Å². The predicted octanol–water partition coefficient (Wildman–Crippen LogP) is 4.47. The van der Waals surface area contributed by atoms with E-state index in [1.807, 2.05) is 49.4 Å². The summed E-state index contributed by atoms with van der Waals surface area (Å²) in [5, 5.41) is 3.02. The number of amides is 2. The summed E-state index contributed by atoms with van der Waals surface area (Å²) in [6, 6.07) is 15.4. The standard InChI is InChI=1S/C29H33N3O6S/c1-6-37-28(36)25-20(5)30-29(39-25)32(16-21-13-8-7-9-14-21)23(33)17-38-27(35)24(18(2)3)31-26(34)22-15-11-10-12-19(22)4/h7-15,18,24H,6,16-17H2,1-5H3,(H,31,34)/t24-/m0/s1. The molecule has 0 aliphatic heterocycles. The van der Waals surface area contributed by atoms with E-state index in [0.29, 0.717) is 16.1 Å². The van der Waals surface area contributed by atoms with E-state index in [4.69, 9.17) is 9.47 Å². The number of anilines is 1. The van der Waals surface area contributed by atoms with E-state index in [0.717, 1.165) is 22.5 Å². The highest BCUT2D eigenvalue weighted by Crippen LogP contribution is 2.28. The SMILES string of the molecule is CCOC(=O)c1sc(N(Cc2ccccc2)C(=O)COC(=O)[C@@H](NC(=O)c2ccccc2C)C(C)C)nc1C. The highest BCUT2D eigenvalue weighted by molar-refractivity contribution is 7.17. The molecule has 0 fully saturated rings. The Labute approximate surface area is 232 Å². The molecule has 0 saturated heterocycles. The van der Waals surface area contributed by atoms with Crippen LogP contribution in [-0.2, 0) is 25.6 Å². The lowest BCUT2D eigenvalue weighted by atomic mass is 10.0. The van der Waals surface area contributed by atoms with E-state index < -0.39 is 36.4 Å². The Morgan fingerprint density at radius 1 is 0.974 bits per heavy atom. The fourth-order valence-corrected chi connectivity index (χ4v) is 4.73. The number of hydrogen-bond acceptors (Lipinski definition) is 8. The molecule has 0 spiro atoms. The molecule has 1 aromatic heterocycles. The molecular weight excluding hydrogens is 518 g/mol. The third-order valence-corrected chi connectivity index (χ3v) is 7.06. The molecule has 3 aromatic rings. The van der Waals surface area contributed by atoms with Gasteiger partial charge in [-0.3, -0.25) is 14.5 Å². The number of aryl methyl sites for hydroxylation is 2. The van der Waals surface area contributed by atoms with E-state index in [-0.39, 0.29) is 24.2 Å². The van der Waals surface area contributed by atoms with E-state index in [1.54, 1.807) is 39.8 Å². The van der Waals surface area contributed by atoms with Gasteiger partial charge in [0.2, 0.25) is 0 Å². The van der Waals surface area contributed by atoms with E-state index in [2.05, 4.69) is 10.3 Å². The fraction of sp³-hybridized carbons (Fsp3) is 0.345. The molecule has 0 radical (unpaired) electrons. The van der Waals surface area contributed by atoms with Gasteiger partial charge in [-0.2, -0.15) is 0 Å². The molecule has 10 heteroatoms. The smallest absolute Gasteiger partial charge is 0.350 e. The van der Waals surface area contributed by atoms with Crippen molar-refractivity contribution in [3.05, 3.63) is 81.9 Å². The van der Waals surface area contributed by atoms with Gasteiger partial charge in [0, 0.05) is 5.56 Å². The molecule has 0 aliphatic rings. The normalized spacial score (nSPS) is 11.5. The van der Waals surface area contributed by atoms with Crippen LogP contribution >= 0.6 is 11.3 Å². The highest BCUT2D eigenvalue weighted by atomic mass is 32.1. The summed E-state index contributed by atoms with van der Waals surface area (Å²) in [7, 11) is 0. The highest BCUT2D eigenvalue weighted by Gasteiger charge is 2.29. The van der Waals surface area contributed by atoms with Gasteiger partial charge < -0.3 is 14.8 Å². The zero-order valence-electron chi connectivity index (χ0n) is 22.7. The molecule has 0 bridgehead atoms. The van der Waals surface area contributed by atoms with Crippen LogP contribution < -0.4 is 10.2 Å². The largest absolute Gasteiger partial charge is 0.462 e. The molecule has 206 valence electrons. The Morgan fingerprint density at radius 2 is 1.64 bits per heavy atom. The van der Waals surface area contributed by atoms with Crippen LogP contribution in [0.15, 0.2) is 54.6 Å². The Morgan fingerprint density at radius 3 is 2.28 bits per heavy atom. The summed E-state index contributed by atoms with van der Waals surface area (Å²) >= 11 is 1.04. The zero-order valence-corrected chi connectivity index (χ0v) is 23.5. The molecule has 1 heterocycles. The van der Waals surface area contributed by atoms with Crippen molar-refractivity contribution in [2.75, 3.05) is 18.1 Å². The number of esters is 2. The molecule has 0 aliphatic carbocycles. The number of carbonyl (C=O) groups excluding carboxylic acids is 4. The quantitative estimate of drug-likeness (QED) is 0.350. The van der Waals surface area contributed by atoms with Gasteiger partial charge >= 0.3 is 11.9 Å². The van der Waals surface area contributed by atoms with Gasteiger partial charge in [0.05, 0.1) is 18.8 Å². The number of nitrogens with zero attached hydrogens (tertiary/aromatic N) is 2. The molecule has 1 atom stereocenters. The van der Waals surface area contributed by atoms with Crippen LogP contribution in [0.4, 0.5) is 5.13 Å². The number of aromatic nitrogens is 1. The topological polar surface area (TPSA) is 115 Å². The minimum Gasteiger partial charge on any atom is -0.462 e. The lowest BCUT2D eigenvalue weighted by molar-refractivity contribution is -0.150. The Hall–Kier alpha value is -4.05. The van der Waals surface area contributed by atoms with Crippen molar-refractivity contribution in [2.24, 2.45) is 5.92 Å². The molecule has 3 rings (SSSR count). The Bertz CT molecular complexity index is 1320. The van der Waals surface area contributed by atoms with Crippen LogP contribution in [0.3, 0.4) is 0 Å². The van der Waals surface area contributed by atoms with Gasteiger partial charge in [0.15, 0.2) is 11.7 Å². The fourth-order valence-electron chi connectivity index (χ4n) is 3.76. The lowest BCUT2D eigenvalue weighted by Gasteiger charge is -2.23. The van der Waals surface area contributed by atoms with Crippen LogP contribution in [-0.4, -0.2) is 48.0 Å². The first-order chi connectivity index (χ1) is 18.6. The van der Waals surface area contributed by atoms with Crippen molar-refractivity contribution in [2.45, 2.75) is 47.2 Å². The summed E-state index contributed by atoms with van der Waals surface area (Å²) in [4.78, 5) is 57.6. The predicted molar refractivity (Wildman–Crippen MR) is 149 cm³/mol. The van der Waals surface area contributed by atoms with Crippen molar-refractivity contribution < 1.29 is 28.7 Å². The molecular formula is C29H33N3O6S. The summed E-state index contributed by atoms with van der Waals surface area (Å²) < 4.78 is 10.5. The first-order valence-electron chi connectivity index (χ1n) is 12.6. The molecule has 39 heavy (non-hydrogen) atoms. The average Bonchev–Trinajstić information content (AvgIpc) is 3.30. The summed E-state index contributed by atoms with van der Waals surface area (Å²) in [6.45, 7) is 8.56. The number of ether oxygens (including phenoxy) is 2. The number of rotatable bonds is 11. The van der Waals surface area contributed by atoms with Gasteiger partial charge in [-0.1, -0.05) is 73.7 Å². The van der Waals surface area contributed by atoms with E-state index in [9.17, 15) is 19.2 Å². The second kappa shape index (κ2) is 13.7. The van der Waals surface area contributed by atoms with E-state index in [1.165, 1.54) is 4.90 Å². The van der Waals surface area contributed by atoms with E-state index >= 15 is 0 Å². The number of carbonyl (C=O) groups is 4. The van der Waals surface area contributed by atoms with Crippen molar-refractivity contribution in [3.8, 4) is 0 Å². The molecule has 0 unspecified atom stereocenters. The van der Waals surface area contributed by atoms with Crippen molar-refractivity contribution in [1.82, 2.24) is 10.3 Å². The van der Waals surface area contributed by atoms with Gasteiger partial charge in [0.1, 0.15) is 10.9 Å². The third kappa shape index (κ3) is 7.73. The number of thiazole rings is 1. The minimum atomic E-state index is -0.954. The van der Waals surface area contributed by atoms with Gasteiger partial charge in [0.25, 0.3) is 11.8 Å². The molecule has 2 aromatic carbocycles. The van der Waals surface area contributed by atoms with Crippen molar-refractivity contribution in [1.29, 1.82) is 0 Å². The number of nitrogens with one attached hydrogen (secondary N) is 1. The molecule has 0 saturated carbocycles. The van der Waals surface area contributed by atoms with Crippen LogP contribution in [0.25, 0.3) is 0 Å². The first kappa shape index (κ1) is 29.5.